The Labute approximate surface area is 176 Å². The minimum absolute atomic E-state index is 0.0257. The fourth-order valence-corrected chi connectivity index (χ4v) is 4.14. The van der Waals surface area contributed by atoms with Crippen molar-refractivity contribution in [1.82, 2.24) is 4.90 Å². The van der Waals surface area contributed by atoms with Crippen molar-refractivity contribution in [2.24, 2.45) is 0 Å². The topological polar surface area (TPSA) is 50.5 Å². The van der Waals surface area contributed by atoms with Crippen molar-refractivity contribution in [2.75, 3.05) is 6.54 Å². The number of hydrogen-bond acceptors (Lipinski definition) is 3. The Morgan fingerprint density at radius 1 is 0.903 bits per heavy atom. The summed E-state index contributed by atoms with van der Waals surface area (Å²) in [6.07, 6.45) is 0.522. The largest absolute Gasteiger partial charge is 0.450 e. The number of carbonyl (C=O) groups excluding carboxylic acids is 1. The molecule has 0 radical (unpaired) electrons. The zero-order valence-electron chi connectivity index (χ0n) is 16.3. The van der Waals surface area contributed by atoms with E-state index in [1.54, 1.807) is 18.2 Å². The number of hydrogen-bond donors (Lipinski definition) is 0. The first kappa shape index (κ1) is 19.2. The van der Waals surface area contributed by atoms with Gasteiger partial charge in [0.25, 0.3) is 5.91 Å². The van der Waals surface area contributed by atoms with Crippen LogP contribution in [0.15, 0.2) is 82.0 Å². The van der Waals surface area contributed by atoms with Gasteiger partial charge in [0.15, 0.2) is 5.43 Å². The number of nitrogens with zero attached hydrogens (tertiary/aromatic N) is 1. The molecule has 0 spiro atoms. The van der Waals surface area contributed by atoms with Crippen LogP contribution in [0.3, 0.4) is 0 Å². The van der Waals surface area contributed by atoms with Gasteiger partial charge in [-0.1, -0.05) is 48.5 Å². The van der Waals surface area contributed by atoms with Crippen LogP contribution in [0, 0.1) is 11.6 Å². The number of carbonyl (C=O) groups is 1. The first-order valence-corrected chi connectivity index (χ1v) is 9.90. The van der Waals surface area contributed by atoms with Gasteiger partial charge in [0.05, 0.1) is 17.0 Å². The van der Waals surface area contributed by atoms with Crippen molar-refractivity contribution < 1.29 is 18.0 Å². The monoisotopic (exact) mass is 417 g/mol. The Morgan fingerprint density at radius 2 is 1.65 bits per heavy atom. The van der Waals surface area contributed by atoms with Crippen LogP contribution in [-0.2, 0) is 6.42 Å². The molecule has 1 aliphatic heterocycles. The van der Waals surface area contributed by atoms with Crippen LogP contribution in [-0.4, -0.2) is 17.4 Å². The Bertz CT molecular complexity index is 1360. The van der Waals surface area contributed by atoms with E-state index in [0.717, 1.165) is 11.6 Å². The summed E-state index contributed by atoms with van der Waals surface area (Å²) in [5, 5.41) is 0.0257. The van der Waals surface area contributed by atoms with Crippen molar-refractivity contribution in [3.05, 3.63) is 117 Å². The summed E-state index contributed by atoms with van der Waals surface area (Å²) in [4.78, 5) is 28.0. The number of benzene rings is 3. The van der Waals surface area contributed by atoms with Gasteiger partial charge in [0, 0.05) is 12.1 Å². The molecule has 4 nitrogen and oxygen atoms in total. The third-order valence-corrected chi connectivity index (χ3v) is 5.61. The molecule has 0 bridgehead atoms. The highest BCUT2D eigenvalue weighted by Crippen LogP contribution is 2.39. The van der Waals surface area contributed by atoms with Gasteiger partial charge in [0.2, 0.25) is 5.76 Å². The van der Waals surface area contributed by atoms with E-state index >= 15 is 0 Å². The van der Waals surface area contributed by atoms with E-state index in [9.17, 15) is 18.4 Å². The maximum absolute atomic E-state index is 14.8. The highest BCUT2D eigenvalue weighted by Gasteiger charge is 2.43. The van der Waals surface area contributed by atoms with Gasteiger partial charge >= 0.3 is 0 Å². The fraction of sp³-hybridized carbons (Fsp3) is 0.120. The van der Waals surface area contributed by atoms with Gasteiger partial charge < -0.3 is 9.32 Å². The van der Waals surface area contributed by atoms with Crippen molar-refractivity contribution in [3.8, 4) is 0 Å². The third kappa shape index (κ3) is 3.20. The van der Waals surface area contributed by atoms with E-state index in [0.29, 0.717) is 6.42 Å². The van der Waals surface area contributed by atoms with Crippen molar-refractivity contribution >= 4 is 16.9 Å². The zero-order chi connectivity index (χ0) is 21.5. The van der Waals surface area contributed by atoms with Crippen LogP contribution >= 0.6 is 0 Å². The lowest BCUT2D eigenvalue weighted by Gasteiger charge is -2.25. The summed E-state index contributed by atoms with van der Waals surface area (Å²) in [5.74, 6) is -1.73. The second kappa shape index (κ2) is 7.47. The number of amides is 1. The average molecular weight is 417 g/mol. The maximum atomic E-state index is 14.8. The van der Waals surface area contributed by atoms with Crippen LogP contribution in [0.5, 0.6) is 0 Å². The summed E-state index contributed by atoms with van der Waals surface area (Å²) in [6.45, 7) is 0.260. The molecule has 0 saturated heterocycles. The zero-order valence-corrected chi connectivity index (χ0v) is 16.3. The molecule has 0 saturated carbocycles. The molecule has 1 unspecified atom stereocenters. The van der Waals surface area contributed by atoms with Crippen molar-refractivity contribution in [3.63, 3.8) is 0 Å². The predicted molar refractivity (Wildman–Crippen MR) is 112 cm³/mol. The Balaban J connectivity index is 1.68. The standard InChI is InChI=1S/C25H17F2NO3/c26-16-10-11-20-18(14-16)23(29)21-22(17-8-4-5-9-19(17)27)28(25(30)24(21)31-20)13-12-15-6-2-1-3-7-15/h1-11,14,22H,12-13H2. The molecule has 0 N–H and O–H groups in total. The molecular formula is C25H17F2NO3. The highest BCUT2D eigenvalue weighted by atomic mass is 19.1. The van der Waals surface area contributed by atoms with E-state index in [1.807, 2.05) is 30.3 Å². The summed E-state index contributed by atoms with van der Waals surface area (Å²) >= 11 is 0. The molecule has 2 heterocycles. The maximum Gasteiger partial charge on any atom is 0.290 e. The Kier molecular flexibility index (Phi) is 4.62. The summed E-state index contributed by atoms with van der Waals surface area (Å²) in [5.41, 5.74) is 0.840. The molecule has 5 rings (SSSR count). The average Bonchev–Trinajstić information content (AvgIpc) is 3.06. The highest BCUT2D eigenvalue weighted by molar-refractivity contribution is 5.99. The predicted octanol–water partition coefficient (Wildman–Crippen LogP) is 4.86. The lowest BCUT2D eigenvalue weighted by Crippen LogP contribution is -2.32. The third-order valence-electron chi connectivity index (χ3n) is 5.61. The molecule has 154 valence electrons. The molecule has 3 aromatic carbocycles. The normalized spacial score (nSPS) is 15.5. The van der Waals surface area contributed by atoms with Gasteiger partial charge in [0.1, 0.15) is 17.2 Å². The van der Waals surface area contributed by atoms with E-state index < -0.39 is 29.0 Å². The SMILES string of the molecule is O=C1c2oc3ccc(F)cc3c(=O)c2C(c2ccccc2F)N1CCc1ccccc1. The molecule has 0 fully saturated rings. The Hall–Kier alpha value is -3.80. The molecule has 1 atom stereocenters. The second-order valence-electron chi connectivity index (χ2n) is 7.47. The molecule has 1 aromatic heterocycles. The van der Waals surface area contributed by atoms with Crippen LogP contribution < -0.4 is 5.43 Å². The van der Waals surface area contributed by atoms with Gasteiger partial charge in [-0.15, -0.1) is 0 Å². The molecule has 6 heteroatoms. The van der Waals surface area contributed by atoms with Crippen LogP contribution in [0.4, 0.5) is 8.78 Å². The molecule has 1 amide bonds. The van der Waals surface area contributed by atoms with E-state index in [2.05, 4.69) is 0 Å². The van der Waals surface area contributed by atoms with Crippen molar-refractivity contribution in [1.29, 1.82) is 0 Å². The first-order valence-electron chi connectivity index (χ1n) is 9.90. The number of halogens is 2. The van der Waals surface area contributed by atoms with Gasteiger partial charge in [-0.2, -0.15) is 0 Å². The van der Waals surface area contributed by atoms with Crippen LogP contribution in [0.1, 0.15) is 33.3 Å². The van der Waals surface area contributed by atoms with E-state index in [-0.39, 0.29) is 34.4 Å². The van der Waals surface area contributed by atoms with Gasteiger partial charge in [-0.05, 0) is 36.2 Å². The second-order valence-corrected chi connectivity index (χ2v) is 7.47. The Morgan fingerprint density at radius 3 is 2.42 bits per heavy atom. The molecule has 4 aromatic rings. The quantitative estimate of drug-likeness (QED) is 0.477. The molecule has 31 heavy (non-hydrogen) atoms. The minimum Gasteiger partial charge on any atom is -0.450 e. The van der Waals surface area contributed by atoms with Crippen molar-refractivity contribution in [2.45, 2.75) is 12.5 Å². The number of fused-ring (bicyclic) bond motifs is 2. The van der Waals surface area contributed by atoms with E-state index in [4.69, 9.17) is 4.42 Å². The lowest BCUT2D eigenvalue weighted by atomic mass is 9.98. The number of rotatable bonds is 4. The van der Waals surface area contributed by atoms with E-state index in [1.165, 1.54) is 23.1 Å². The summed E-state index contributed by atoms with van der Waals surface area (Å²) in [6, 6.07) is 18.2. The smallest absolute Gasteiger partial charge is 0.290 e. The molecule has 0 aliphatic carbocycles. The van der Waals surface area contributed by atoms with Gasteiger partial charge in [-0.25, -0.2) is 8.78 Å². The molecule has 1 aliphatic rings. The molecular weight excluding hydrogens is 400 g/mol. The fourth-order valence-electron chi connectivity index (χ4n) is 4.14. The summed E-state index contributed by atoms with van der Waals surface area (Å²) < 4.78 is 34.3. The van der Waals surface area contributed by atoms with Gasteiger partial charge in [-0.3, -0.25) is 9.59 Å². The van der Waals surface area contributed by atoms with Crippen LogP contribution in [0.25, 0.3) is 11.0 Å². The van der Waals surface area contributed by atoms with Crippen LogP contribution in [0.2, 0.25) is 0 Å². The minimum atomic E-state index is -0.948. The lowest BCUT2D eigenvalue weighted by molar-refractivity contribution is 0.0728. The first-order chi connectivity index (χ1) is 15.0. The summed E-state index contributed by atoms with van der Waals surface area (Å²) in [7, 11) is 0.